The van der Waals surface area contributed by atoms with E-state index in [1.54, 1.807) is 22.9 Å². The first kappa shape index (κ1) is 21.1. The highest BCUT2D eigenvalue weighted by atomic mass is 19.1. The molecule has 1 aromatic heterocycles. The highest BCUT2D eigenvalue weighted by molar-refractivity contribution is 5.69. The van der Waals surface area contributed by atoms with E-state index in [2.05, 4.69) is 39.2 Å². The quantitative estimate of drug-likeness (QED) is 0.458. The number of nitrogens with zero attached hydrogens (tertiary/aromatic N) is 4. The molecule has 1 saturated heterocycles. The lowest BCUT2D eigenvalue weighted by Gasteiger charge is -2.36. The maximum Gasteiger partial charge on any atom is 0.275 e. The van der Waals surface area contributed by atoms with Gasteiger partial charge in [-0.05, 0) is 48.0 Å². The van der Waals surface area contributed by atoms with Gasteiger partial charge in [0.25, 0.3) is 5.56 Å². The Bertz CT molecular complexity index is 1270. The van der Waals surface area contributed by atoms with E-state index in [1.807, 2.05) is 36.4 Å². The predicted molar refractivity (Wildman–Crippen MR) is 130 cm³/mol. The minimum atomic E-state index is -0.299. The van der Waals surface area contributed by atoms with Gasteiger partial charge in [-0.25, -0.2) is 9.07 Å². The summed E-state index contributed by atoms with van der Waals surface area (Å²) in [7, 11) is 0. The zero-order valence-electron chi connectivity index (χ0n) is 18.3. The third-order valence-electron chi connectivity index (χ3n) is 6.03. The van der Waals surface area contributed by atoms with Crippen molar-refractivity contribution in [2.24, 2.45) is 0 Å². The molecule has 0 radical (unpaired) electrons. The molecule has 0 bridgehead atoms. The van der Waals surface area contributed by atoms with Gasteiger partial charge in [-0.2, -0.15) is 5.10 Å². The van der Waals surface area contributed by atoms with Crippen LogP contribution < -0.4 is 10.5 Å². The summed E-state index contributed by atoms with van der Waals surface area (Å²) in [5.74, 6) is -0.299. The molecule has 166 valence electrons. The van der Waals surface area contributed by atoms with Crippen LogP contribution in [-0.4, -0.2) is 40.9 Å². The van der Waals surface area contributed by atoms with Gasteiger partial charge in [0, 0.05) is 37.4 Å². The summed E-state index contributed by atoms with van der Waals surface area (Å²) in [6.45, 7) is 3.87. The number of piperazine rings is 1. The fourth-order valence-electron chi connectivity index (χ4n) is 4.20. The molecule has 0 aliphatic carbocycles. The molecule has 1 aliphatic heterocycles. The van der Waals surface area contributed by atoms with Crippen LogP contribution in [0.15, 0.2) is 95.8 Å². The summed E-state index contributed by atoms with van der Waals surface area (Å²) < 4.78 is 15.0. The van der Waals surface area contributed by atoms with E-state index in [9.17, 15) is 9.18 Å². The molecule has 1 fully saturated rings. The number of anilines is 1. The minimum Gasteiger partial charge on any atom is -0.369 e. The molecule has 2 heterocycles. The van der Waals surface area contributed by atoms with Crippen molar-refractivity contribution in [3.05, 3.63) is 107 Å². The number of aromatic nitrogens is 2. The number of hydrogen-bond acceptors (Lipinski definition) is 4. The summed E-state index contributed by atoms with van der Waals surface area (Å²) in [4.78, 5) is 18.0. The summed E-state index contributed by atoms with van der Waals surface area (Å²) in [5, 5.41) is 4.66. The van der Waals surface area contributed by atoms with Gasteiger partial charge >= 0.3 is 0 Å². The molecule has 4 aromatic rings. The molecule has 6 heteroatoms. The second kappa shape index (κ2) is 9.38. The number of benzene rings is 3. The largest absolute Gasteiger partial charge is 0.369 e. The summed E-state index contributed by atoms with van der Waals surface area (Å²) >= 11 is 0. The van der Waals surface area contributed by atoms with Gasteiger partial charge in [0.05, 0.1) is 17.9 Å². The standard InChI is InChI=1S/C27H25FN4O/c28-23-13-11-22(12-14-23)26-19-25(21-7-3-1-4-8-21)27(33)32(29-26)20-30-15-17-31(18-16-30)24-9-5-2-6-10-24/h1-14,19H,15-18,20H2. The predicted octanol–water partition coefficient (Wildman–Crippen LogP) is 4.50. The third-order valence-corrected chi connectivity index (χ3v) is 6.03. The molecule has 33 heavy (non-hydrogen) atoms. The van der Waals surface area contributed by atoms with E-state index < -0.39 is 0 Å². The molecule has 5 nitrogen and oxygen atoms in total. The molecule has 1 aliphatic rings. The van der Waals surface area contributed by atoms with E-state index in [1.165, 1.54) is 17.8 Å². The van der Waals surface area contributed by atoms with Gasteiger partial charge in [-0.3, -0.25) is 9.69 Å². The van der Waals surface area contributed by atoms with E-state index in [-0.39, 0.29) is 11.4 Å². The fraction of sp³-hybridized carbons (Fsp3) is 0.185. The first-order chi connectivity index (χ1) is 16.2. The Kier molecular flexibility index (Phi) is 6.00. The van der Waals surface area contributed by atoms with Crippen LogP contribution in [0.25, 0.3) is 22.4 Å². The van der Waals surface area contributed by atoms with Gasteiger partial charge in [0.15, 0.2) is 0 Å². The van der Waals surface area contributed by atoms with Gasteiger partial charge < -0.3 is 4.90 Å². The SMILES string of the molecule is O=c1c(-c2ccccc2)cc(-c2ccc(F)cc2)nn1CN1CCN(c2ccccc2)CC1. The summed E-state index contributed by atoms with van der Waals surface area (Å²) in [6.07, 6.45) is 0. The maximum atomic E-state index is 13.5. The maximum absolute atomic E-state index is 13.5. The number of rotatable bonds is 5. The van der Waals surface area contributed by atoms with E-state index in [0.717, 1.165) is 37.3 Å². The van der Waals surface area contributed by atoms with Crippen molar-refractivity contribution in [1.29, 1.82) is 0 Å². The van der Waals surface area contributed by atoms with E-state index in [0.29, 0.717) is 17.9 Å². The lowest BCUT2D eigenvalue weighted by molar-refractivity contribution is 0.192. The molecule has 0 saturated carbocycles. The van der Waals surface area contributed by atoms with Crippen molar-refractivity contribution in [1.82, 2.24) is 14.7 Å². The zero-order chi connectivity index (χ0) is 22.6. The van der Waals surface area contributed by atoms with Gasteiger partial charge in [0.2, 0.25) is 0 Å². The van der Waals surface area contributed by atoms with Crippen molar-refractivity contribution in [2.45, 2.75) is 6.67 Å². The molecule has 0 unspecified atom stereocenters. The van der Waals surface area contributed by atoms with Crippen molar-refractivity contribution in [2.75, 3.05) is 31.1 Å². The smallest absolute Gasteiger partial charge is 0.275 e. The van der Waals surface area contributed by atoms with Crippen molar-refractivity contribution < 1.29 is 4.39 Å². The van der Waals surface area contributed by atoms with Crippen LogP contribution in [0, 0.1) is 5.82 Å². The van der Waals surface area contributed by atoms with Crippen LogP contribution in [0.4, 0.5) is 10.1 Å². The average molecular weight is 441 g/mol. The van der Waals surface area contributed by atoms with Gasteiger partial charge in [0.1, 0.15) is 5.82 Å². The van der Waals surface area contributed by atoms with Crippen LogP contribution in [0.3, 0.4) is 0 Å². The Labute approximate surface area is 192 Å². The Hall–Kier alpha value is -3.77. The number of para-hydroxylation sites is 1. The molecule has 0 N–H and O–H groups in total. The second-order valence-corrected chi connectivity index (χ2v) is 8.20. The normalized spacial score (nSPS) is 14.4. The van der Waals surface area contributed by atoms with E-state index in [4.69, 9.17) is 0 Å². The van der Waals surface area contributed by atoms with Crippen LogP contribution in [0.1, 0.15) is 0 Å². The van der Waals surface area contributed by atoms with Crippen molar-refractivity contribution >= 4 is 5.69 Å². The molecule has 5 rings (SSSR count). The first-order valence-electron chi connectivity index (χ1n) is 11.1. The lowest BCUT2D eigenvalue weighted by atomic mass is 10.0. The lowest BCUT2D eigenvalue weighted by Crippen LogP contribution is -2.48. The minimum absolute atomic E-state index is 0.127. The second-order valence-electron chi connectivity index (χ2n) is 8.20. The van der Waals surface area contributed by atoms with Crippen molar-refractivity contribution in [3.63, 3.8) is 0 Å². The first-order valence-corrected chi connectivity index (χ1v) is 11.1. The Balaban J connectivity index is 1.43. The van der Waals surface area contributed by atoms with E-state index >= 15 is 0 Å². The molecule has 3 aromatic carbocycles. The molecular weight excluding hydrogens is 415 g/mol. The van der Waals surface area contributed by atoms with Gasteiger partial charge in [-0.15, -0.1) is 0 Å². The van der Waals surface area contributed by atoms with Crippen molar-refractivity contribution in [3.8, 4) is 22.4 Å². The Morgan fingerprint density at radius 2 is 1.39 bits per heavy atom. The fourth-order valence-corrected chi connectivity index (χ4v) is 4.20. The van der Waals surface area contributed by atoms with Crippen LogP contribution in [-0.2, 0) is 6.67 Å². The highest BCUT2D eigenvalue weighted by Gasteiger charge is 2.19. The van der Waals surface area contributed by atoms with Crippen LogP contribution >= 0.6 is 0 Å². The Morgan fingerprint density at radius 1 is 0.758 bits per heavy atom. The summed E-state index contributed by atoms with van der Waals surface area (Å²) in [5.41, 5.74) is 3.95. The molecular formula is C27H25FN4O. The molecule has 0 atom stereocenters. The number of halogens is 1. The van der Waals surface area contributed by atoms with Crippen LogP contribution in [0.2, 0.25) is 0 Å². The number of hydrogen-bond donors (Lipinski definition) is 0. The average Bonchev–Trinajstić information content (AvgIpc) is 2.87. The van der Waals surface area contributed by atoms with Gasteiger partial charge in [-0.1, -0.05) is 48.5 Å². The zero-order valence-corrected chi connectivity index (χ0v) is 18.3. The van der Waals surface area contributed by atoms with Crippen LogP contribution in [0.5, 0.6) is 0 Å². The molecule has 0 spiro atoms. The monoisotopic (exact) mass is 440 g/mol. The molecule has 0 amide bonds. The highest BCUT2D eigenvalue weighted by Crippen LogP contribution is 2.23. The summed E-state index contributed by atoms with van der Waals surface area (Å²) in [6, 6.07) is 28.0. The third kappa shape index (κ3) is 4.71. The topological polar surface area (TPSA) is 41.4 Å². The Morgan fingerprint density at radius 3 is 2.06 bits per heavy atom.